The third-order valence-electron chi connectivity index (χ3n) is 4.54. The van der Waals surface area contributed by atoms with Gasteiger partial charge in [0.2, 0.25) is 0 Å². The van der Waals surface area contributed by atoms with E-state index in [2.05, 4.69) is 0 Å². The normalized spacial score (nSPS) is 37.5. The number of carbonyl (C=O) groups is 2. The van der Waals surface area contributed by atoms with Gasteiger partial charge in [-0.2, -0.15) is 0 Å². The fraction of sp³-hybridized carbons (Fsp3) is 0.600. The molecule has 0 saturated carbocycles. The van der Waals surface area contributed by atoms with E-state index in [0.29, 0.717) is 26.1 Å². The van der Waals surface area contributed by atoms with E-state index < -0.39 is 23.3 Å². The summed E-state index contributed by atoms with van der Waals surface area (Å²) in [4.78, 5) is 23.1. The lowest BCUT2D eigenvalue weighted by molar-refractivity contribution is -0.147. The molecule has 0 aromatic rings. The average Bonchev–Trinajstić information content (AvgIpc) is 3.26. The highest BCUT2D eigenvalue weighted by Crippen LogP contribution is 2.50. The van der Waals surface area contributed by atoms with E-state index in [1.54, 1.807) is 6.08 Å². The third-order valence-corrected chi connectivity index (χ3v) is 4.54. The van der Waals surface area contributed by atoms with Gasteiger partial charge < -0.3 is 19.7 Å². The Morgan fingerprint density at radius 3 is 2.33 bits per heavy atom. The first-order valence-electron chi connectivity index (χ1n) is 7.02. The third kappa shape index (κ3) is 2.73. The monoisotopic (exact) mass is 294 g/mol. The van der Waals surface area contributed by atoms with Crippen LogP contribution in [0.3, 0.4) is 0 Å². The summed E-state index contributed by atoms with van der Waals surface area (Å²) in [6, 6.07) is 0. The molecule has 0 aromatic carbocycles. The van der Waals surface area contributed by atoms with Crippen LogP contribution in [0.1, 0.15) is 19.8 Å². The number of carboxylic acids is 2. The predicted molar refractivity (Wildman–Crippen MR) is 71.7 cm³/mol. The molecule has 2 saturated heterocycles. The fourth-order valence-electron chi connectivity index (χ4n) is 3.25. The minimum Gasteiger partial charge on any atom is -0.481 e. The lowest BCUT2D eigenvalue weighted by Crippen LogP contribution is -2.41. The first-order chi connectivity index (χ1) is 9.91. The number of aliphatic carboxylic acids is 2. The Hall–Kier alpha value is -1.66. The van der Waals surface area contributed by atoms with Crippen molar-refractivity contribution in [2.75, 3.05) is 13.2 Å². The zero-order valence-electron chi connectivity index (χ0n) is 11.7. The van der Waals surface area contributed by atoms with Crippen molar-refractivity contribution < 1.29 is 29.3 Å². The first kappa shape index (κ1) is 14.3. The van der Waals surface area contributed by atoms with Crippen molar-refractivity contribution in [3.63, 3.8) is 0 Å². The summed E-state index contributed by atoms with van der Waals surface area (Å²) in [6.45, 7) is 3.12. The molecule has 0 amide bonds. The molecule has 0 bridgehead atoms. The van der Waals surface area contributed by atoms with Gasteiger partial charge in [0.15, 0.2) is 0 Å². The number of epoxide rings is 2. The quantitative estimate of drug-likeness (QED) is 0.715. The van der Waals surface area contributed by atoms with E-state index in [-0.39, 0.29) is 17.8 Å². The maximum absolute atomic E-state index is 11.7. The van der Waals surface area contributed by atoms with Gasteiger partial charge >= 0.3 is 11.9 Å². The molecule has 4 unspecified atom stereocenters. The first-order valence-corrected chi connectivity index (χ1v) is 7.02. The largest absolute Gasteiger partial charge is 0.481 e. The maximum atomic E-state index is 11.7. The van der Waals surface area contributed by atoms with Crippen LogP contribution in [0.25, 0.3) is 0 Å². The molecule has 21 heavy (non-hydrogen) atoms. The van der Waals surface area contributed by atoms with E-state index in [4.69, 9.17) is 9.47 Å². The SMILES string of the molecule is CC1(CC2CO2)C(CC2CO2)=CC=C(C(=O)O)C1C(=O)O. The Bertz CT molecular complexity index is 540. The van der Waals surface area contributed by atoms with Gasteiger partial charge in [-0.15, -0.1) is 0 Å². The van der Waals surface area contributed by atoms with Crippen molar-refractivity contribution in [3.05, 3.63) is 23.3 Å². The molecule has 6 nitrogen and oxygen atoms in total. The number of ether oxygens (including phenoxy) is 2. The number of rotatable bonds is 6. The molecule has 0 aromatic heterocycles. The smallest absolute Gasteiger partial charge is 0.332 e. The molecule has 0 radical (unpaired) electrons. The lowest BCUT2D eigenvalue weighted by Gasteiger charge is -2.40. The molecule has 6 heteroatoms. The number of hydrogen-bond donors (Lipinski definition) is 2. The Kier molecular flexibility index (Phi) is 3.37. The Morgan fingerprint density at radius 2 is 1.86 bits per heavy atom. The minimum atomic E-state index is -1.18. The molecule has 3 aliphatic rings. The summed E-state index contributed by atoms with van der Waals surface area (Å²) in [7, 11) is 0. The van der Waals surface area contributed by atoms with E-state index in [9.17, 15) is 19.8 Å². The van der Waals surface area contributed by atoms with E-state index in [1.807, 2.05) is 6.92 Å². The maximum Gasteiger partial charge on any atom is 0.332 e. The zero-order valence-corrected chi connectivity index (χ0v) is 11.7. The number of carboxylic acid groups (broad SMARTS) is 2. The molecule has 114 valence electrons. The van der Waals surface area contributed by atoms with Gasteiger partial charge in [-0.05, 0) is 12.8 Å². The Balaban J connectivity index is 1.98. The van der Waals surface area contributed by atoms with Crippen molar-refractivity contribution >= 4 is 11.9 Å². The fourth-order valence-corrected chi connectivity index (χ4v) is 3.25. The van der Waals surface area contributed by atoms with Crippen LogP contribution < -0.4 is 0 Å². The summed E-state index contributed by atoms with van der Waals surface area (Å²) in [5.74, 6) is -3.34. The molecular weight excluding hydrogens is 276 g/mol. The van der Waals surface area contributed by atoms with Crippen molar-refractivity contribution in [2.24, 2.45) is 11.3 Å². The standard InChI is InChI=1S/C15H18O6/c1-15(5-10-7-21-10)8(4-9-6-20-9)2-3-11(13(16)17)12(15)14(18)19/h2-3,9-10,12H,4-7H2,1H3,(H,16,17)(H,18,19). The van der Waals surface area contributed by atoms with Crippen molar-refractivity contribution in [3.8, 4) is 0 Å². The van der Waals surface area contributed by atoms with Crippen LogP contribution >= 0.6 is 0 Å². The summed E-state index contributed by atoms with van der Waals surface area (Å²) in [6.07, 6.45) is 4.50. The van der Waals surface area contributed by atoms with Crippen LogP contribution in [-0.2, 0) is 19.1 Å². The summed E-state index contributed by atoms with van der Waals surface area (Å²) >= 11 is 0. The van der Waals surface area contributed by atoms with Crippen LogP contribution in [0.4, 0.5) is 0 Å². The molecule has 4 atom stereocenters. The lowest BCUT2D eigenvalue weighted by atomic mass is 9.62. The highest BCUT2D eigenvalue weighted by atomic mass is 16.6. The molecular formula is C15H18O6. The van der Waals surface area contributed by atoms with Crippen molar-refractivity contribution in [1.29, 1.82) is 0 Å². The summed E-state index contributed by atoms with van der Waals surface area (Å²) in [5, 5.41) is 18.9. The molecule has 2 fully saturated rings. The highest BCUT2D eigenvalue weighted by Gasteiger charge is 2.51. The van der Waals surface area contributed by atoms with Crippen LogP contribution in [0.5, 0.6) is 0 Å². The minimum absolute atomic E-state index is 0.0218. The second kappa shape index (κ2) is 4.96. The van der Waals surface area contributed by atoms with Gasteiger partial charge in [0, 0.05) is 5.41 Å². The predicted octanol–water partition coefficient (Wildman–Crippen LogP) is 1.22. The van der Waals surface area contributed by atoms with Crippen molar-refractivity contribution in [2.45, 2.75) is 32.0 Å². The summed E-state index contributed by atoms with van der Waals surface area (Å²) in [5.41, 5.74) is 0.130. The second-order valence-corrected chi connectivity index (χ2v) is 6.13. The zero-order chi connectivity index (χ0) is 15.2. The highest BCUT2D eigenvalue weighted by molar-refractivity contribution is 5.95. The van der Waals surface area contributed by atoms with Gasteiger partial charge in [0.05, 0.1) is 36.9 Å². The van der Waals surface area contributed by atoms with Gasteiger partial charge in [0.1, 0.15) is 0 Å². The van der Waals surface area contributed by atoms with Gasteiger partial charge in [-0.25, -0.2) is 4.79 Å². The molecule has 2 heterocycles. The number of allylic oxidation sites excluding steroid dienone is 2. The molecule has 3 rings (SSSR count). The van der Waals surface area contributed by atoms with E-state index in [0.717, 1.165) is 5.57 Å². The van der Waals surface area contributed by atoms with Gasteiger partial charge in [0.25, 0.3) is 0 Å². The van der Waals surface area contributed by atoms with Crippen molar-refractivity contribution in [1.82, 2.24) is 0 Å². The molecule has 0 spiro atoms. The Morgan fingerprint density at radius 1 is 1.24 bits per heavy atom. The molecule has 2 N–H and O–H groups in total. The Labute approximate surface area is 122 Å². The average molecular weight is 294 g/mol. The van der Waals surface area contributed by atoms with E-state index >= 15 is 0 Å². The molecule has 2 aliphatic heterocycles. The van der Waals surface area contributed by atoms with Gasteiger partial charge in [-0.3, -0.25) is 4.79 Å². The summed E-state index contributed by atoms with van der Waals surface area (Å²) < 4.78 is 10.5. The van der Waals surface area contributed by atoms with Gasteiger partial charge in [-0.1, -0.05) is 24.6 Å². The van der Waals surface area contributed by atoms with Crippen LogP contribution in [0.2, 0.25) is 0 Å². The second-order valence-electron chi connectivity index (χ2n) is 6.13. The van der Waals surface area contributed by atoms with Crippen LogP contribution in [0, 0.1) is 11.3 Å². The molecule has 1 aliphatic carbocycles. The topological polar surface area (TPSA) is 99.7 Å². The van der Waals surface area contributed by atoms with Crippen LogP contribution in [-0.4, -0.2) is 47.6 Å². The van der Waals surface area contributed by atoms with Crippen LogP contribution in [0.15, 0.2) is 23.3 Å². The number of hydrogen-bond acceptors (Lipinski definition) is 4. The van der Waals surface area contributed by atoms with E-state index in [1.165, 1.54) is 6.08 Å².